The highest BCUT2D eigenvalue weighted by atomic mass is 32.2. The average Bonchev–Trinajstić information content (AvgIpc) is 2.72. The van der Waals surface area contributed by atoms with Crippen LogP contribution < -0.4 is 4.31 Å². The molecule has 10 nitrogen and oxygen atoms in total. The van der Waals surface area contributed by atoms with Gasteiger partial charge < -0.3 is 9.47 Å². The summed E-state index contributed by atoms with van der Waals surface area (Å²) in [5.74, 6) is -1.51. The minimum absolute atomic E-state index is 0.0317. The Hall–Kier alpha value is -3.47. The molecule has 0 aliphatic carbocycles. The molecule has 2 rings (SSSR count). The number of hydrogen-bond donors (Lipinski definition) is 0. The molecule has 0 spiro atoms. The molecule has 11 heteroatoms. The molecule has 0 atom stereocenters. The van der Waals surface area contributed by atoms with Gasteiger partial charge in [0.1, 0.15) is 6.54 Å². The first-order chi connectivity index (χ1) is 14.5. The summed E-state index contributed by atoms with van der Waals surface area (Å²) in [4.78, 5) is 34.5. The first kappa shape index (κ1) is 23.8. The van der Waals surface area contributed by atoms with Crippen LogP contribution in [0.4, 0.5) is 11.4 Å². The van der Waals surface area contributed by atoms with Crippen molar-refractivity contribution in [2.45, 2.75) is 25.7 Å². The van der Waals surface area contributed by atoms with Crippen LogP contribution in [0.3, 0.4) is 0 Å². The molecule has 0 bridgehead atoms. The number of nitro benzene ring substituents is 1. The smallest absolute Gasteiger partial charge is 0.338 e. The summed E-state index contributed by atoms with van der Waals surface area (Å²) in [6.07, 6.45) is 0. The minimum Gasteiger partial charge on any atom is -0.465 e. The standard InChI is InChI=1S/C20H22N2O8S/c1-5-30-19(23)12-21(17-8-6-7-16(14(17)3)20(24)29-4)31(27,28)15-10-9-13(2)18(11-15)22(25)26/h6-11H,5,12H2,1-4H3. The highest BCUT2D eigenvalue weighted by Gasteiger charge is 2.31. The number of methoxy groups -OCH3 is 1. The summed E-state index contributed by atoms with van der Waals surface area (Å²) in [5, 5.41) is 11.3. The summed E-state index contributed by atoms with van der Waals surface area (Å²) in [5.41, 5.74) is 0.309. The summed E-state index contributed by atoms with van der Waals surface area (Å²) < 4.78 is 37.3. The topological polar surface area (TPSA) is 133 Å². The second-order valence-corrected chi connectivity index (χ2v) is 8.33. The lowest BCUT2D eigenvalue weighted by Gasteiger charge is -2.26. The number of aryl methyl sites for hydroxylation is 1. The highest BCUT2D eigenvalue weighted by Crippen LogP contribution is 2.31. The zero-order valence-electron chi connectivity index (χ0n) is 17.4. The van der Waals surface area contributed by atoms with Gasteiger partial charge in [0.15, 0.2) is 0 Å². The van der Waals surface area contributed by atoms with E-state index in [1.807, 2.05) is 0 Å². The quantitative estimate of drug-likeness (QED) is 0.340. The van der Waals surface area contributed by atoms with E-state index in [1.54, 1.807) is 6.92 Å². The van der Waals surface area contributed by atoms with Gasteiger partial charge in [-0.15, -0.1) is 0 Å². The summed E-state index contributed by atoms with van der Waals surface area (Å²) in [7, 11) is -3.25. The van der Waals surface area contributed by atoms with Gasteiger partial charge in [0.2, 0.25) is 0 Å². The van der Waals surface area contributed by atoms with E-state index in [1.165, 1.54) is 51.3 Å². The first-order valence-corrected chi connectivity index (χ1v) is 10.6. The fourth-order valence-electron chi connectivity index (χ4n) is 2.92. The first-order valence-electron chi connectivity index (χ1n) is 9.15. The van der Waals surface area contributed by atoms with Crippen LogP contribution in [0.1, 0.15) is 28.4 Å². The lowest BCUT2D eigenvalue weighted by Crippen LogP contribution is -2.37. The zero-order chi connectivity index (χ0) is 23.3. The molecule has 0 unspecified atom stereocenters. The summed E-state index contributed by atoms with van der Waals surface area (Å²) in [6.45, 7) is 3.90. The van der Waals surface area contributed by atoms with E-state index >= 15 is 0 Å². The number of carbonyl (C=O) groups excluding carboxylic acids is 2. The molecular formula is C20H22N2O8S. The van der Waals surface area contributed by atoms with Crippen molar-refractivity contribution < 1.29 is 32.4 Å². The molecular weight excluding hydrogens is 428 g/mol. The Morgan fingerprint density at radius 1 is 1.16 bits per heavy atom. The Labute approximate surface area is 179 Å². The van der Waals surface area contributed by atoms with Gasteiger partial charge in [0, 0.05) is 11.6 Å². The van der Waals surface area contributed by atoms with Gasteiger partial charge >= 0.3 is 11.9 Å². The van der Waals surface area contributed by atoms with Crippen LogP contribution in [0.5, 0.6) is 0 Å². The van der Waals surface area contributed by atoms with Crippen molar-refractivity contribution in [3.8, 4) is 0 Å². The Bertz CT molecular complexity index is 1130. The largest absolute Gasteiger partial charge is 0.465 e. The Balaban J connectivity index is 2.70. The van der Waals surface area contributed by atoms with E-state index in [0.717, 1.165) is 10.4 Å². The number of nitro groups is 1. The van der Waals surface area contributed by atoms with Gasteiger partial charge in [-0.1, -0.05) is 12.1 Å². The van der Waals surface area contributed by atoms with Gasteiger partial charge in [-0.3, -0.25) is 19.2 Å². The van der Waals surface area contributed by atoms with Gasteiger partial charge in [-0.2, -0.15) is 0 Å². The number of sulfonamides is 1. The van der Waals surface area contributed by atoms with Crippen LogP contribution >= 0.6 is 0 Å². The van der Waals surface area contributed by atoms with Crippen molar-refractivity contribution >= 4 is 33.3 Å². The second kappa shape index (κ2) is 9.56. The summed E-state index contributed by atoms with van der Waals surface area (Å²) >= 11 is 0. The van der Waals surface area contributed by atoms with Crippen LogP contribution in [0.15, 0.2) is 41.3 Å². The van der Waals surface area contributed by atoms with Gasteiger partial charge in [-0.25, -0.2) is 13.2 Å². The molecule has 0 aliphatic rings. The molecule has 0 aliphatic heterocycles. The maximum absolute atomic E-state index is 13.4. The zero-order valence-corrected chi connectivity index (χ0v) is 18.3. The van der Waals surface area contributed by atoms with Crippen molar-refractivity contribution in [3.05, 3.63) is 63.2 Å². The molecule has 31 heavy (non-hydrogen) atoms. The van der Waals surface area contributed by atoms with Crippen LogP contribution in [-0.4, -0.2) is 45.5 Å². The molecule has 0 N–H and O–H groups in total. The van der Waals surface area contributed by atoms with Crippen molar-refractivity contribution in [2.24, 2.45) is 0 Å². The third-order valence-electron chi connectivity index (χ3n) is 4.52. The number of hydrogen-bond acceptors (Lipinski definition) is 8. The fraction of sp³-hybridized carbons (Fsp3) is 0.300. The number of esters is 2. The van der Waals surface area contributed by atoms with Crippen LogP contribution in [0.25, 0.3) is 0 Å². The predicted molar refractivity (Wildman–Crippen MR) is 112 cm³/mol. The Morgan fingerprint density at radius 2 is 1.84 bits per heavy atom. The van der Waals surface area contributed by atoms with E-state index in [0.29, 0.717) is 0 Å². The number of anilines is 1. The van der Waals surface area contributed by atoms with E-state index in [-0.39, 0.29) is 39.6 Å². The number of nitrogens with zero attached hydrogens (tertiary/aromatic N) is 2. The lowest BCUT2D eigenvalue weighted by atomic mass is 10.1. The van der Waals surface area contributed by atoms with Crippen molar-refractivity contribution in [1.29, 1.82) is 0 Å². The molecule has 0 heterocycles. The number of benzene rings is 2. The fourth-order valence-corrected chi connectivity index (χ4v) is 4.41. The maximum atomic E-state index is 13.4. The predicted octanol–water partition coefficient (Wildman–Crippen LogP) is 2.76. The van der Waals surface area contributed by atoms with E-state index in [2.05, 4.69) is 0 Å². The molecule has 2 aromatic carbocycles. The van der Waals surface area contributed by atoms with Crippen molar-refractivity contribution in [1.82, 2.24) is 0 Å². The molecule has 0 amide bonds. The Kier molecular flexibility index (Phi) is 7.34. The number of rotatable bonds is 8. The van der Waals surface area contributed by atoms with Crippen molar-refractivity contribution in [2.75, 3.05) is 24.6 Å². The average molecular weight is 450 g/mol. The summed E-state index contributed by atoms with van der Waals surface area (Å²) in [6, 6.07) is 7.78. The molecule has 0 radical (unpaired) electrons. The SMILES string of the molecule is CCOC(=O)CN(c1cccc(C(=O)OC)c1C)S(=O)(=O)c1ccc(C)c([N+](=O)[O-])c1. The van der Waals surface area contributed by atoms with Crippen molar-refractivity contribution in [3.63, 3.8) is 0 Å². The minimum atomic E-state index is -4.44. The third-order valence-corrected chi connectivity index (χ3v) is 6.28. The van der Waals surface area contributed by atoms with E-state index in [4.69, 9.17) is 9.47 Å². The molecule has 0 aromatic heterocycles. The van der Waals surface area contributed by atoms with Crippen LogP contribution in [-0.2, 0) is 24.3 Å². The van der Waals surface area contributed by atoms with E-state index in [9.17, 15) is 28.1 Å². The molecule has 166 valence electrons. The molecule has 0 saturated carbocycles. The lowest BCUT2D eigenvalue weighted by molar-refractivity contribution is -0.385. The van der Waals surface area contributed by atoms with Crippen LogP contribution in [0, 0.1) is 24.0 Å². The van der Waals surface area contributed by atoms with Crippen LogP contribution in [0.2, 0.25) is 0 Å². The molecule has 0 saturated heterocycles. The monoisotopic (exact) mass is 450 g/mol. The number of ether oxygens (including phenoxy) is 2. The van der Waals surface area contributed by atoms with Gasteiger partial charge in [0.05, 0.1) is 34.8 Å². The second-order valence-electron chi connectivity index (χ2n) is 6.46. The maximum Gasteiger partial charge on any atom is 0.338 e. The number of carbonyl (C=O) groups is 2. The third kappa shape index (κ3) is 5.00. The van der Waals surface area contributed by atoms with E-state index < -0.39 is 33.4 Å². The molecule has 0 fully saturated rings. The molecule has 2 aromatic rings. The van der Waals surface area contributed by atoms with Gasteiger partial charge in [0.25, 0.3) is 15.7 Å². The van der Waals surface area contributed by atoms with Gasteiger partial charge in [-0.05, 0) is 44.5 Å². The Morgan fingerprint density at radius 3 is 2.42 bits per heavy atom. The highest BCUT2D eigenvalue weighted by molar-refractivity contribution is 7.92. The normalized spacial score (nSPS) is 11.0.